The van der Waals surface area contributed by atoms with Gasteiger partial charge in [0.25, 0.3) is 5.91 Å². The molecule has 2 heterocycles. The van der Waals surface area contributed by atoms with Crippen molar-refractivity contribution < 1.29 is 14.3 Å². The van der Waals surface area contributed by atoms with Gasteiger partial charge in [0.1, 0.15) is 5.75 Å². The number of fused-ring (bicyclic) bond motifs is 1. The summed E-state index contributed by atoms with van der Waals surface area (Å²) in [6, 6.07) is 7.57. The number of carbonyl (C=O) groups excluding carboxylic acids is 2. The molecule has 2 aromatic rings. The summed E-state index contributed by atoms with van der Waals surface area (Å²) >= 11 is 0. The lowest BCUT2D eigenvalue weighted by Gasteiger charge is -2.31. The van der Waals surface area contributed by atoms with E-state index in [1.165, 1.54) is 0 Å². The number of pyridine rings is 1. The van der Waals surface area contributed by atoms with Gasteiger partial charge in [0.15, 0.2) is 0 Å². The first-order valence-electron chi connectivity index (χ1n) is 10.1. The van der Waals surface area contributed by atoms with Crippen LogP contribution in [0.1, 0.15) is 48.7 Å². The van der Waals surface area contributed by atoms with Crippen molar-refractivity contribution in [2.75, 3.05) is 26.7 Å². The van der Waals surface area contributed by atoms with Crippen LogP contribution in [-0.2, 0) is 4.79 Å². The molecule has 0 radical (unpaired) electrons. The number of benzene rings is 1. The molecule has 2 amide bonds. The van der Waals surface area contributed by atoms with E-state index in [1.54, 1.807) is 7.11 Å². The van der Waals surface area contributed by atoms with E-state index in [4.69, 9.17) is 4.74 Å². The number of methoxy groups -OCH3 is 1. The van der Waals surface area contributed by atoms with Crippen LogP contribution in [0.5, 0.6) is 5.75 Å². The molecule has 1 aliphatic heterocycles. The molecule has 28 heavy (non-hydrogen) atoms. The predicted molar refractivity (Wildman–Crippen MR) is 110 cm³/mol. The lowest BCUT2D eigenvalue weighted by Crippen LogP contribution is -2.43. The zero-order valence-electron chi connectivity index (χ0n) is 17.0. The van der Waals surface area contributed by atoms with E-state index >= 15 is 0 Å². The van der Waals surface area contributed by atoms with Gasteiger partial charge < -0.3 is 15.0 Å². The monoisotopic (exact) mass is 383 g/mol. The number of ether oxygens (including phenoxy) is 1. The van der Waals surface area contributed by atoms with Gasteiger partial charge in [-0.1, -0.05) is 13.3 Å². The summed E-state index contributed by atoms with van der Waals surface area (Å²) < 4.78 is 5.25. The molecule has 1 aliphatic rings. The van der Waals surface area contributed by atoms with Crippen molar-refractivity contribution in [3.05, 3.63) is 35.5 Å². The van der Waals surface area contributed by atoms with Crippen LogP contribution in [-0.4, -0.2) is 48.4 Å². The summed E-state index contributed by atoms with van der Waals surface area (Å²) in [6.45, 7) is 5.91. The average molecular weight is 383 g/mol. The molecule has 1 saturated heterocycles. The molecule has 0 unspecified atom stereocenters. The number of carbonyl (C=O) groups is 2. The molecule has 3 rings (SSSR count). The molecule has 6 nitrogen and oxygen atoms in total. The Morgan fingerprint density at radius 2 is 2.00 bits per heavy atom. The summed E-state index contributed by atoms with van der Waals surface area (Å²) in [5, 5.41) is 3.92. The highest BCUT2D eigenvalue weighted by Gasteiger charge is 2.28. The smallest absolute Gasteiger partial charge is 0.255 e. The fraction of sp³-hybridized carbons (Fsp3) is 0.500. The zero-order valence-corrected chi connectivity index (χ0v) is 17.0. The molecule has 150 valence electrons. The van der Waals surface area contributed by atoms with Crippen LogP contribution in [0.4, 0.5) is 0 Å². The van der Waals surface area contributed by atoms with E-state index in [0.29, 0.717) is 37.2 Å². The number of aromatic nitrogens is 1. The van der Waals surface area contributed by atoms with Gasteiger partial charge in [0.05, 0.1) is 23.9 Å². The van der Waals surface area contributed by atoms with Gasteiger partial charge in [-0.15, -0.1) is 0 Å². The lowest BCUT2D eigenvalue weighted by atomic mass is 9.95. The molecule has 1 aromatic heterocycles. The summed E-state index contributed by atoms with van der Waals surface area (Å²) in [5.74, 6) is 0.868. The van der Waals surface area contributed by atoms with Crippen molar-refractivity contribution in [3.8, 4) is 5.75 Å². The Bertz CT molecular complexity index is 857. The Morgan fingerprint density at radius 1 is 1.25 bits per heavy atom. The highest BCUT2D eigenvalue weighted by molar-refractivity contribution is 5.99. The summed E-state index contributed by atoms with van der Waals surface area (Å²) in [7, 11) is 1.62. The second-order valence-electron chi connectivity index (χ2n) is 7.39. The Balaban J connectivity index is 1.66. The minimum absolute atomic E-state index is 0.00389. The number of nitrogens with zero attached hydrogens (tertiary/aromatic N) is 2. The average Bonchev–Trinajstić information content (AvgIpc) is 2.72. The Kier molecular flexibility index (Phi) is 6.49. The molecule has 1 aromatic carbocycles. The molecule has 6 heteroatoms. The number of unbranched alkanes of at least 4 members (excludes halogenated alkanes) is 1. The van der Waals surface area contributed by atoms with E-state index in [1.807, 2.05) is 36.1 Å². The number of hydrogen-bond acceptors (Lipinski definition) is 4. The number of nitrogens with one attached hydrogen (secondary N) is 1. The molecule has 0 bridgehead atoms. The summed E-state index contributed by atoms with van der Waals surface area (Å²) in [4.78, 5) is 31.7. The third kappa shape index (κ3) is 4.43. The molecule has 1 fully saturated rings. The maximum atomic E-state index is 13.0. The van der Waals surface area contributed by atoms with E-state index in [9.17, 15) is 9.59 Å². The molecular formula is C22H29N3O3. The predicted octanol–water partition coefficient (Wildman–Crippen LogP) is 3.32. The van der Waals surface area contributed by atoms with E-state index in [0.717, 1.165) is 36.0 Å². The normalized spacial score (nSPS) is 14.9. The lowest BCUT2D eigenvalue weighted by molar-refractivity contribution is -0.126. The first-order valence-corrected chi connectivity index (χ1v) is 10.1. The number of likely N-dealkylation sites (tertiary alicyclic amines) is 1. The topological polar surface area (TPSA) is 71.5 Å². The summed E-state index contributed by atoms with van der Waals surface area (Å²) in [6.07, 6.45) is 3.49. The Morgan fingerprint density at radius 3 is 2.68 bits per heavy atom. The SMILES string of the molecule is CCCCNC(=O)C1CCN(C(=O)c2cc3ccc(OC)cc3nc2C)CC1. The van der Waals surface area contributed by atoms with Gasteiger partial charge in [-0.25, -0.2) is 0 Å². The van der Waals surface area contributed by atoms with Gasteiger partial charge in [0.2, 0.25) is 5.91 Å². The van der Waals surface area contributed by atoms with Crippen molar-refractivity contribution in [2.24, 2.45) is 5.92 Å². The van der Waals surface area contributed by atoms with Crippen LogP contribution in [0.25, 0.3) is 10.9 Å². The van der Waals surface area contributed by atoms with Crippen LogP contribution in [0.2, 0.25) is 0 Å². The second-order valence-corrected chi connectivity index (χ2v) is 7.39. The van der Waals surface area contributed by atoms with Crippen molar-refractivity contribution in [2.45, 2.75) is 39.5 Å². The van der Waals surface area contributed by atoms with Crippen molar-refractivity contribution in [3.63, 3.8) is 0 Å². The van der Waals surface area contributed by atoms with E-state index in [-0.39, 0.29) is 17.7 Å². The van der Waals surface area contributed by atoms with Crippen LogP contribution in [0.3, 0.4) is 0 Å². The second kappa shape index (κ2) is 9.04. The van der Waals surface area contributed by atoms with Crippen LogP contribution in [0, 0.1) is 12.8 Å². The fourth-order valence-electron chi connectivity index (χ4n) is 3.63. The molecule has 0 spiro atoms. The number of hydrogen-bond donors (Lipinski definition) is 1. The van der Waals surface area contributed by atoms with Gasteiger partial charge in [-0.2, -0.15) is 0 Å². The largest absolute Gasteiger partial charge is 0.497 e. The van der Waals surface area contributed by atoms with Crippen LogP contribution >= 0.6 is 0 Å². The summed E-state index contributed by atoms with van der Waals surface area (Å²) in [5.41, 5.74) is 2.16. The number of amides is 2. The van der Waals surface area contributed by atoms with Crippen molar-refractivity contribution in [1.82, 2.24) is 15.2 Å². The molecule has 1 N–H and O–H groups in total. The molecule has 0 aliphatic carbocycles. The van der Waals surface area contributed by atoms with Crippen molar-refractivity contribution >= 4 is 22.7 Å². The third-order valence-electron chi connectivity index (χ3n) is 5.43. The highest BCUT2D eigenvalue weighted by atomic mass is 16.5. The quantitative estimate of drug-likeness (QED) is 0.777. The number of rotatable bonds is 6. The van der Waals surface area contributed by atoms with Crippen LogP contribution < -0.4 is 10.1 Å². The van der Waals surface area contributed by atoms with Gasteiger partial charge >= 0.3 is 0 Å². The standard InChI is InChI=1S/C22H29N3O3/c1-4-5-10-23-21(26)16-8-11-25(12-9-16)22(27)19-13-17-6-7-18(28-3)14-20(17)24-15(19)2/h6-7,13-14,16H,4-5,8-12H2,1-3H3,(H,23,26). The first kappa shape index (κ1) is 20.1. The number of aryl methyl sites for hydroxylation is 1. The van der Waals surface area contributed by atoms with Gasteiger partial charge in [0, 0.05) is 37.0 Å². The molecule has 0 atom stereocenters. The highest BCUT2D eigenvalue weighted by Crippen LogP contribution is 2.24. The number of piperidine rings is 1. The van der Waals surface area contributed by atoms with Crippen molar-refractivity contribution in [1.29, 1.82) is 0 Å². The minimum Gasteiger partial charge on any atom is -0.497 e. The Hall–Kier alpha value is -2.63. The Labute approximate surface area is 166 Å². The molecular weight excluding hydrogens is 354 g/mol. The fourth-order valence-corrected chi connectivity index (χ4v) is 3.63. The maximum Gasteiger partial charge on any atom is 0.255 e. The third-order valence-corrected chi connectivity index (χ3v) is 5.43. The minimum atomic E-state index is -0.00689. The first-order chi connectivity index (χ1) is 13.5. The van der Waals surface area contributed by atoms with Gasteiger partial charge in [-0.3, -0.25) is 14.6 Å². The van der Waals surface area contributed by atoms with E-state index in [2.05, 4.69) is 17.2 Å². The van der Waals surface area contributed by atoms with E-state index < -0.39 is 0 Å². The maximum absolute atomic E-state index is 13.0. The zero-order chi connectivity index (χ0) is 20.1. The van der Waals surface area contributed by atoms with Gasteiger partial charge in [-0.05, 0) is 44.4 Å². The molecule has 0 saturated carbocycles. The van der Waals surface area contributed by atoms with Crippen LogP contribution in [0.15, 0.2) is 24.3 Å².